The Balaban J connectivity index is 1.62. The van der Waals surface area contributed by atoms with Crippen LogP contribution < -0.4 is 19.5 Å². The predicted octanol–water partition coefficient (Wildman–Crippen LogP) is 4.98. The average molecular weight is 418 g/mol. The monoisotopic (exact) mass is 417 g/mol. The first-order valence-electron chi connectivity index (χ1n) is 10.6. The molecule has 0 spiro atoms. The zero-order chi connectivity index (χ0) is 21.3. The van der Waals surface area contributed by atoms with Crippen molar-refractivity contribution in [2.75, 3.05) is 20.3 Å². The van der Waals surface area contributed by atoms with Crippen LogP contribution >= 0.6 is 0 Å². The predicted molar refractivity (Wildman–Crippen MR) is 121 cm³/mol. The van der Waals surface area contributed by atoms with Crippen LogP contribution in [0.2, 0.25) is 0 Å². The fourth-order valence-corrected chi connectivity index (χ4v) is 3.34. The molecule has 0 radical (unpaired) electrons. The number of nitrogens with zero attached hydrogens (tertiary/aromatic N) is 2. The van der Waals surface area contributed by atoms with E-state index >= 15 is 0 Å². The van der Waals surface area contributed by atoms with E-state index in [-0.39, 0.29) is 0 Å². The van der Waals surface area contributed by atoms with E-state index in [2.05, 4.69) is 10.3 Å². The van der Waals surface area contributed by atoms with Gasteiger partial charge in [-0.2, -0.15) is 0 Å². The maximum atomic E-state index is 6.19. The highest BCUT2D eigenvalue weighted by Gasteiger charge is 2.15. The molecule has 2 heterocycles. The van der Waals surface area contributed by atoms with Gasteiger partial charge in [0.1, 0.15) is 11.6 Å². The van der Waals surface area contributed by atoms with Crippen LogP contribution in [0.3, 0.4) is 0 Å². The highest BCUT2D eigenvalue weighted by atomic mass is 16.5. The summed E-state index contributed by atoms with van der Waals surface area (Å²) in [5.74, 6) is 3.49. The van der Waals surface area contributed by atoms with E-state index in [1.807, 2.05) is 60.7 Å². The molecule has 1 aromatic heterocycles. The third-order valence-corrected chi connectivity index (χ3v) is 5.03. The molecule has 2 aromatic carbocycles. The molecule has 1 N–H and O–H groups in total. The molecule has 0 amide bonds. The van der Waals surface area contributed by atoms with Crippen LogP contribution in [0.1, 0.15) is 30.4 Å². The molecule has 3 aromatic rings. The standard InChI is InChI=1S/C25H27N3O3/c1-29-20-13-11-19(12-14-20)18-28-24-21-8-7-16-27-25(21)31-23-10-4-3-9-22(23)30-17-6-2-5-15-26-24/h3-4,7-14,16H,2,5-6,15,17-18H2,1H3,(H,26,28). The van der Waals surface area contributed by atoms with Gasteiger partial charge >= 0.3 is 0 Å². The van der Waals surface area contributed by atoms with E-state index in [0.29, 0.717) is 24.8 Å². The van der Waals surface area contributed by atoms with Crippen molar-refractivity contribution < 1.29 is 14.2 Å². The molecule has 6 heteroatoms. The Morgan fingerprint density at radius 3 is 2.61 bits per heavy atom. The summed E-state index contributed by atoms with van der Waals surface area (Å²) >= 11 is 0. The number of hydrogen-bond donors (Lipinski definition) is 1. The smallest absolute Gasteiger partial charge is 0.230 e. The van der Waals surface area contributed by atoms with Crippen LogP contribution in [0.15, 0.2) is 71.9 Å². The minimum Gasteiger partial charge on any atom is -0.497 e. The molecular weight excluding hydrogens is 390 g/mol. The molecule has 0 saturated carbocycles. The normalized spacial score (nSPS) is 14.2. The molecule has 4 rings (SSSR count). The third kappa shape index (κ3) is 5.54. The average Bonchev–Trinajstić information content (AvgIpc) is 2.83. The van der Waals surface area contributed by atoms with Crippen molar-refractivity contribution in [3.05, 3.63) is 78.0 Å². The lowest BCUT2D eigenvalue weighted by atomic mass is 10.2. The van der Waals surface area contributed by atoms with Gasteiger partial charge in [-0.25, -0.2) is 4.98 Å². The topological polar surface area (TPSA) is 65.0 Å². The maximum absolute atomic E-state index is 6.19. The van der Waals surface area contributed by atoms with Crippen molar-refractivity contribution in [3.8, 4) is 23.1 Å². The summed E-state index contributed by atoms with van der Waals surface area (Å²) in [7, 11) is 1.67. The first-order chi connectivity index (χ1) is 15.3. The zero-order valence-electron chi connectivity index (χ0n) is 17.7. The molecule has 0 bridgehead atoms. The summed E-state index contributed by atoms with van der Waals surface area (Å²) in [5.41, 5.74) is 1.96. The molecule has 0 saturated heterocycles. The number of fused-ring (bicyclic) bond motifs is 2. The minimum atomic E-state index is 0.499. The first-order valence-corrected chi connectivity index (χ1v) is 10.6. The Kier molecular flexibility index (Phi) is 7.00. The third-order valence-electron chi connectivity index (χ3n) is 5.03. The number of aromatic nitrogens is 1. The van der Waals surface area contributed by atoms with Gasteiger partial charge in [-0.3, -0.25) is 4.99 Å². The lowest BCUT2D eigenvalue weighted by Crippen LogP contribution is -2.25. The molecule has 0 unspecified atom stereocenters. The molecule has 160 valence electrons. The Labute approximate surface area is 182 Å². The van der Waals surface area contributed by atoms with Crippen LogP contribution in [-0.4, -0.2) is 31.1 Å². The SMILES string of the molecule is COc1ccc(CNC2=NCCCCCOc3ccccc3Oc3ncccc32)cc1. The van der Waals surface area contributed by atoms with E-state index in [0.717, 1.165) is 54.3 Å². The number of rotatable bonds is 3. The van der Waals surface area contributed by atoms with E-state index in [4.69, 9.17) is 19.2 Å². The van der Waals surface area contributed by atoms with Gasteiger partial charge in [0.15, 0.2) is 11.5 Å². The second kappa shape index (κ2) is 10.5. The van der Waals surface area contributed by atoms with Gasteiger partial charge in [0.05, 0.1) is 19.3 Å². The lowest BCUT2D eigenvalue weighted by molar-refractivity contribution is 0.291. The summed E-state index contributed by atoms with van der Waals surface area (Å²) in [6, 6.07) is 19.6. The van der Waals surface area contributed by atoms with Gasteiger partial charge in [-0.05, 0) is 61.2 Å². The summed E-state index contributed by atoms with van der Waals surface area (Å²) in [6.07, 6.45) is 4.75. The fraction of sp³-hybridized carbons (Fsp3) is 0.280. The quantitative estimate of drug-likeness (QED) is 0.651. The number of para-hydroxylation sites is 2. The lowest BCUT2D eigenvalue weighted by Gasteiger charge is -2.15. The second-order valence-corrected chi connectivity index (χ2v) is 7.25. The molecule has 0 aliphatic carbocycles. The number of benzene rings is 2. The van der Waals surface area contributed by atoms with Crippen molar-refractivity contribution >= 4 is 5.84 Å². The highest BCUT2D eigenvalue weighted by Crippen LogP contribution is 2.32. The Hall–Kier alpha value is -3.54. The summed E-state index contributed by atoms with van der Waals surface area (Å²) < 4.78 is 17.4. The second-order valence-electron chi connectivity index (χ2n) is 7.25. The number of methoxy groups -OCH3 is 1. The number of ether oxygens (including phenoxy) is 3. The summed E-state index contributed by atoms with van der Waals surface area (Å²) in [6.45, 7) is 2.02. The van der Waals surface area contributed by atoms with Crippen molar-refractivity contribution in [2.45, 2.75) is 25.8 Å². The van der Waals surface area contributed by atoms with Gasteiger partial charge in [0, 0.05) is 19.3 Å². The number of nitrogens with one attached hydrogen (secondary N) is 1. The number of aliphatic imine (C=N–C) groups is 1. The van der Waals surface area contributed by atoms with Crippen molar-refractivity contribution in [2.24, 2.45) is 4.99 Å². The van der Waals surface area contributed by atoms with Crippen LogP contribution in [0.5, 0.6) is 23.1 Å². The highest BCUT2D eigenvalue weighted by molar-refractivity contribution is 6.00. The van der Waals surface area contributed by atoms with Crippen LogP contribution in [0.4, 0.5) is 0 Å². The molecule has 1 aliphatic rings. The van der Waals surface area contributed by atoms with Gasteiger partial charge in [-0.15, -0.1) is 0 Å². The van der Waals surface area contributed by atoms with Gasteiger partial charge in [-0.1, -0.05) is 24.3 Å². The van der Waals surface area contributed by atoms with Gasteiger partial charge in [0.2, 0.25) is 5.88 Å². The van der Waals surface area contributed by atoms with E-state index in [9.17, 15) is 0 Å². The molecule has 0 fully saturated rings. The molecular formula is C25H27N3O3. The zero-order valence-corrected chi connectivity index (χ0v) is 17.7. The van der Waals surface area contributed by atoms with E-state index in [1.165, 1.54) is 0 Å². The number of pyridine rings is 1. The first kappa shape index (κ1) is 20.7. The van der Waals surface area contributed by atoms with Crippen molar-refractivity contribution in [3.63, 3.8) is 0 Å². The molecule has 0 atom stereocenters. The molecule has 31 heavy (non-hydrogen) atoms. The van der Waals surface area contributed by atoms with Gasteiger partial charge < -0.3 is 19.5 Å². The van der Waals surface area contributed by atoms with E-state index < -0.39 is 0 Å². The Morgan fingerprint density at radius 2 is 1.77 bits per heavy atom. The maximum Gasteiger partial charge on any atom is 0.230 e. The van der Waals surface area contributed by atoms with Crippen LogP contribution in [-0.2, 0) is 6.54 Å². The van der Waals surface area contributed by atoms with Crippen molar-refractivity contribution in [1.82, 2.24) is 10.3 Å². The largest absolute Gasteiger partial charge is 0.497 e. The fourth-order valence-electron chi connectivity index (χ4n) is 3.34. The summed E-state index contributed by atoms with van der Waals surface area (Å²) in [4.78, 5) is 9.34. The van der Waals surface area contributed by atoms with Crippen molar-refractivity contribution in [1.29, 1.82) is 0 Å². The Morgan fingerprint density at radius 1 is 0.935 bits per heavy atom. The molecule has 1 aliphatic heterocycles. The molecule has 6 nitrogen and oxygen atoms in total. The van der Waals surface area contributed by atoms with Crippen LogP contribution in [0.25, 0.3) is 0 Å². The van der Waals surface area contributed by atoms with E-state index in [1.54, 1.807) is 13.3 Å². The number of amidine groups is 1. The van der Waals surface area contributed by atoms with Crippen LogP contribution in [0, 0.1) is 0 Å². The number of hydrogen-bond acceptors (Lipinski definition) is 6. The minimum absolute atomic E-state index is 0.499. The Bertz CT molecular complexity index is 1020. The summed E-state index contributed by atoms with van der Waals surface area (Å²) in [5, 5.41) is 3.48. The van der Waals surface area contributed by atoms with Gasteiger partial charge in [0.25, 0.3) is 0 Å².